The molecule has 0 aliphatic heterocycles. The normalized spacial score (nSPS) is 18.7. The van der Waals surface area contributed by atoms with Crippen molar-refractivity contribution in [3.8, 4) is 0 Å². The van der Waals surface area contributed by atoms with Crippen LogP contribution in [-0.2, 0) is 0 Å². The fourth-order valence-electron chi connectivity index (χ4n) is 1.57. The van der Waals surface area contributed by atoms with Crippen molar-refractivity contribution in [3.63, 3.8) is 0 Å². The lowest BCUT2D eigenvalue weighted by Crippen LogP contribution is -2.28. The zero-order chi connectivity index (χ0) is 8.81. The molecule has 0 spiro atoms. The average Bonchev–Trinajstić information content (AvgIpc) is 2.49. The first kappa shape index (κ1) is 9.52. The predicted molar refractivity (Wildman–Crippen MR) is 55.9 cm³/mol. The van der Waals surface area contributed by atoms with Crippen molar-refractivity contribution < 1.29 is 0 Å². The van der Waals surface area contributed by atoms with E-state index < -0.39 is 0 Å². The fourth-order valence-corrected chi connectivity index (χ4v) is 1.65. The van der Waals surface area contributed by atoms with E-state index in [0.717, 1.165) is 12.5 Å². The van der Waals surface area contributed by atoms with Gasteiger partial charge < -0.3 is 11.1 Å². The molecule has 2 nitrogen and oxygen atoms in total. The molecule has 0 aromatic heterocycles. The smallest absolute Gasteiger partial charge is 0.163 e. The summed E-state index contributed by atoms with van der Waals surface area (Å²) in [7, 11) is 0. The van der Waals surface area contributed by atoms with Crippen molar-refractivity contribution >= 4 is 17.3 Å². The standard InChI is InChI=1S/C9H16N2S/c10-9(12)11-7-3-6-8-4-1-2-5-8/h3,6,8H,1-2,4-5,7H2,(H3,10,11,12). The number of nitrogens with one attached hydrogen (secondary N) is 1. The summed E-state index contributed by atoms with van der Waals surface area (Å²) in [4.78, 5) is 0. The first-order valence-electron chi connectivity index (χ1n) is 4.49. The number of hydrogen-bond acceptors (Lipinski definition) is 1. The Morgan fingerprint density at radius 1 is 1.50 bits per heavy atom. The molecule has 3 heteroatoms. The maximum Gasteiger partial charge on any atom is 0.163 e. The van der Waals surface area contributed by atoms with Crippen LogP contribution >= 0.6 is 12.2 Å². The van der Waals surface area contributed by atoms with Crippen LogP contribution in [0.2, 0.25) is 0 Å². The molecular formula is C9H16N2S. The summed E-state index contributed by atoms with van der Waals surface area (Å²) in [6.07, 6.45) is 9.87. The van der Waals surface area contributed by atoms with Crippen molar-refractivity contribution in [1.29, 1.82) is 0 Å². The molecule has 0 saturated heterocycles. The van der Waals surface area contributed by atoms with Crippen molar-refractivity contribution in [3.05, 3.63) is 12.2 Å². The predicted octanol–water partition coefficient (Wildman–Crippen LogP) is 1.57. The number of thiocarbonyl (C=S) groups is 1. The summed E-state index contributed by atoms with van der Waals surface area (Å²) >= 11 is 4.68. The van der Waals surface area contributed by atoms with Gasteiger partial charge in [-0.25, -0.2) is 0 Å². The zero-order valence-electron chi connectivity index (χ0n) is 7.25. The molecule has 12 heavy (non-hydrogen) atoms. The van der Waals surface area contributed by atoms with Crippen LogP contribution in [0.25, 0.3) is 0 Å². The van der Waals surface area contributed by atoms with Gasteiger partial charge in [-0.15, -0.1) is 0 Å². The third kappa shape index (κ3) is 3.72. The van der Waals surface area contributed by atoms with Gasteiger partial charge in [0.2, 0.25) is 0 Å². The van der Waals surface area contributed by atoms with Crippen LogP contribution in [0, 0.1) is 5.92 Å². The van der Waals surface area contributed by atoms with E-state index in [1.807, 2.05) is 0 Å². The Bertz CT molecular complexity index is 171. The molecule has 0 heterocycles. The van der Waals surface area contributed by atoms with Crippen molar-refractivity contribution in [2.45, 2.75) is 25.7 Å². The van der Waals surface area contributed by atoms with Crippen LogP contribution in [-0.4, -0.2) is 11.7 Å². The average molecular weight is 184 g/mol. The highest BCUT2D eigenvalue weighted by Crippen LogP contribution is 2.25. The zero-order valence-corrected chi connectivity index (χ0v) is 8.07. The lowest BCUT2D eigenvalue weighted by Gasteiger charge is -2.01. The summed E-state index contributed by atoms with van der Waals surface area (Å²) in [5.41, 5.74) is 5.27. The lowest BCUT2D eigenvalue weighted by atomic mass is 10.1. The van der Waals surface area contributed by atoms with Crippen molar-refractivity contribution in [1.82, 2.24) is 5.32 Å². The quantitative estimate of drug-likeness (QED) is 0.516. The molecule has 0 bridgehead atoms. The van der Waals surface area contributed by atoms with E-state index in [-0.39, 0.29) is 0 Å². The van der Waals surface area contributed by atoms with Gasteiger partial charge in [0, 0.05) is 6.54 Å². The fraction of sp³-hybridized carbons (Fsp3) is 0.667. The van der Waals surface area contributed by atoms with Crippen LogP contribution in [0.4, 0.5) is 0 Å². The summed E-state index contributed by atoms with van der Waals surface area (Å²) in [6.45, 7) is 0.770. The van der Waals surface area contributed by atoms with E-state index in [1.54, 1.807) is 0 Å². The molecule has 1 saturated carbocycles. The molecule has 3 N–H and O–H groups in total. The van der Waals surface area contributed by atoms with E-state index >= 15 is 0 Å². The third-order valence-corrected chi connectivity index (χ3v) is 2.35. The van der Waals surface area contributed by atoms with Gasteiger partial charge in [-0.2, -0.15) is 0 Å². The second-order valence-electron chi connectivity index (χ2n) is 3.22. The Kier molecular flexibility index (Phi) is 4.08. The van der Waals surface area contributed by atoms with E-state index in [2.05, 4.69) is 29.7 Å². The molecule has 68 valence electrons. The minimum atomic E-state index is 0.381. The Hall–Kier alpha value is -0.570. The SMILES string of the molecule is NC(=S)NCC=CC1CCCC1. The van der Waals surface area contributed by atoms with Crippen molar-refractivity contribution in [2.24, 2.45) is 11.7 Å². The molecule has 0 aromatic carbocycles. The Labute approximate surface area is 79.2 Å². The highest BCUT2D eigenvalue weighted by atomic mass is 32.1. The molecule has 0 amide bonds. The van der Waals surface area contributed by atoms with Gasteiger partial charge in [0.1, 0.15) is 0 Å². The van der Waals surface area contributed by atoms with Gasteiger partial charge in [-0.05, 0) is 31.0 Å². The molecule has 1 aliphatic carbocycles. The van der Waals surface area contributed by atoms with E-state index in [4.69, 9.17) is 5.73 Å². The Balaban J connectivity index is 2.08. The molecular weight excluding hydrogens is 168 g/mol. The van der Waals surface area contributed by atoms with Gasteiger partial charge in [-0.3, -0.25) is 0 Å². The first-order chi connectivity index (χ1) is 5.79. The summed E-state index contributed by atoms with van der Waals surface area (Å²) < 4.78 is 0. The largest absolute Gasteiger partial charge is 0.376 e. The highest BCUT2D eigenvalue weighted by molar-refractivity contribution is 7.80. The second-order valence-corrected chi connectivity index (χ2v) is 3.66. The van der Waals surface area contributed by atoms with Gasteiger partial charge in [0.15, 0.2) is 5.11 Å². The minimum Gasteiger partial charge on any atom is -0.376 e. The number of hydrogen-bond donors (Lipinski definition) is 2. The molecule has 0 unspecified atom stereocenters. The van der Waals surface area contributed by atoms with E-state index in [9.17, 15) is 0 Å². The maximum absolute atomic E-state index is 5.27. The number of allylic oxidation sites excluding steroid dienone is 1. The number of nitrogens with two attached hydrogens (primary N) is 1. The minimum absolute atomic E-state index is 0.381. The van der Waals surface area contributed by atoms with Crippen LogP contribution in [0.15, 0.2) is 12.2 Å². The van der Waals surface area contributed by atoms with Crippen LogP contribution in [0.3, 0.4) is 0 Å². The third-order valence-electron chi connectivity index (χ3n) is 2.20. The van der Waals surface area contributed by atoms with E-state index in [0.29, 0.717) is 5.11 Å². The Morgan fingerprint density at radius 3 is 2.75 bits per heavy atom. The van der Waals surface area contributed by atoms with Gasteiger partial charge in [-0.1, -0.05) is 25.0 Å². The Morgan fingerprint density at radius 2 is 2.17 bits per heavy atom. The summed E-state index contributed by atoms with van der Waals surface area (Å²) in [6, 6.07) is 0. The summed E-state index contributed by atoms with van der Waals surface area (Å²) in [5.74, 6) is 0.804. The maximum atomic E-state index is 5.27. The first-order valence-corrected chi connectivity index (χ1v) is 4.90. The van der Waals surface area contributed by atoms with E-state index in [1.165, 1.54) is 25.7 Å². The highest BCUT2D eigenvalue weighted by Gasteiger charge is 2.10. The molecule has 0 aromatic rings. The number of rotatable bonds is 3. The van der Waals surface area contributed by atoms with Gasteiger partial charge in [0.05, 0.1) is 0 Å². The monoisotopic (exact) mass is 184 g/mol. The van der Waals surface area contributed by atoms with Crippen molar-refractivity contribution in [2.75, 3.05) is 6.54 Å². The molecule has 0 atom stereocenters. The molecule has 1 rings (SSSR count). The van der Waals surface area contributed by atoms with Crippen LogP contribution < -0.4 is 11.1 Å². The topological polar surface area (TPSA) is 38.0 Å². The van der Waals surface area contributed by atoms with Crippen LogP contribution in [0.5, 0.6) is 0 Å². The molecule has 0 radical (unpaired) electrons. The molecule has 1 fully saturated rings. The van der Waals surface area contributed by atoms with Gasteiger partial charge >= 0.3 is 0 Å². The molecule has 1 aliphatic rings. The summed E-state index contributed by atoms with van der Waals surface area (Å²) in [5, 5.41) is 3.27. The van der Waals surface area contributed by atoms with Gasteiger partial charge in [0.25, 0.3) is 0 Å². The van der Waals surface area contributed by atoms with Crippen LogP contribution in [0.1, 0.15) is 25.7 Å². The lowest BCUT2D eigenvalue weighted by molar-refractivity contribution is 0.683. The second kappa shape index (κ2) is 5.14.